The van der Waals surface area contributed by atoms with Gasteiger partial charge in [0.05, 0.1) is 0 Å². The Hall–Kier alpha value is -1.74. The molecule has 0 spiro atoms. The van der Waals surface area contributed by atoms with Crippen molar-refractivity contribution in [2.24, 2.45) is 0 Å². The van der Waals surface area contributed by atoms with Crippen molar-refractivity contribution in [3.05, 3.63) is 70.8 Å². The van der Waals surface area contributed by atoms with E-state index in [4.69, 9.17) is 0 Å². The van der Waals surface area contributed by atoms with Gasteiger partial charge in [-0.05, 0) is 44.0 Å². The van der Waals surface area contributed by atoms with Gasteiger partial charge in [-0.2, -0.15) is 0 Å². The minimum Gasteiger partial charge on any atom is -0.303 e. The molecule has 2 aromatic rings. The minimum atomic E-state index is -0.512. The van der Waals surface area contributed by atoms with E-state index in [-0.39, 0.29) is 11.6 Å². The Morgan fingerprint density at radius 2 is 1.45 bits per heavy atom. The van der Waals surface area contributed by atoms with Gasteiger partial charge in [0.1, 0.15) is 11.6 Å². The van der Waals surface area contributed by atoms with Crippen molar-refractivity contribution in [1.29, 1.82) is 0 Å². The van der Waals surface area contributed by atoms with Crippen LogP contribution in [-0.4, -0.2) is 0 Å². The molecule has 0 aliphatic rings. The zero-order valence-corrected chi connectivity index (χ0v) is 12.0. The number of aryl methyl sites for hydroxylation is 1. The summed E-state index contributed by atoms with van der Waals surface area (Å²) in [5.74, 6) is -1.02. The van der Waals surface area contributed by atoms with Crippen LogP contribution in [0.4, 0.5) is 8.78 Å². The number of benzene rings is 2. The van der Waals surface area contributed by atoms with Crippen LogP contribution in [0, 0.1) is 18.6 Å². The number of halogens is 2. The van der Waals surface area contributed by atoms with E-state index in [0.29, 0.717) is 0 Å². The fourth-order valence-electron chi connectivity index (χ4n) is 2.55. The molecule has 0 radical (unpaired) electrons. The lowest BCUT2D eigenvalue weighted by molar-refractivity contribution is 0.449. The molecule has 2 aromatic carbocycles. The quantitative estimate of drug-likeness (QED) is 0.854. The van der Waals surface area contributed by atoms with Gasteiger partial charge in [-0.3, -0.25) is 0 Å². The molecule has 3 heteroatoms. The van der Waals surface area contributed by atoms with Gasteiger partial charge in [-0.25, -0.2) is 8.78 Å². The van der Waals surface area contributed by atoms with Crippen LogP contribution in [0.1, 0.15) is 42.6 Å². The van der Waals surface area contributed by atoms with Gasteiger partial charge >= 0.3 is 0 Å². The van der Waals surface area contributed by atoms with Crippen molar-refractivity contribution in [1.82, 2.24) is 5.32 Å². The fraction of sp³-hybridized carbons (Fsp3) is 0.294. The number of hydrogen-bond acceptors (Lipinski definition) is 1. The Kier molecular flexibility index (Phi) is 4.50. The lowest BCUT2D eigenvalue weighted by Crippen LogP contribution is -2.24. The predicted molar refractivity (Wildman–Crippen MR) is 77.5 cm³/mol. The molecule has 0 aromatic heterocycles. The zero-order chi connectivity index (χ0) is 14.7. The Morgan fingerprint density at radius 3 is 2.05 bits per heavy atom. The van der Waals surface area contributed by atoms with Gasteiger partial charge in [0.2, 0.25) is 0 Å². The van der Waals surface area contributed by atoms with Crippen LogP contribution in [0.5, 0.6) is 0 Å². The zero-order valence-electron chi connectivity index (χ0n) is 12.0. The Labute approximate surface area is 118 Å². The maximum Gasteiger partial charge on any atom is 0.130 e. The second kappa shape index (κ2) is 6.14. The Bertz CT molecular complexity index is 575. The molecule has 0 aliphatic heterocycles. The molecule has 2 unspecified atom stereocenters. The Morgan fingerprint density at radius 1 is 0.850 bits per heavy atom. The highest BCUT2D eigenvalue weighted by molar-refractivity contribution is 5.29. The van der Waals surface area contributed by atoms with Crippen molar-refractivity contribution in [3.8, 4) is 0 Å². The highest BCUT2D eigenvalue weighted by atomic mass is 19.1. The maximum absolute atomic E-state index is 13.8. The summed E-state index contributed by atoms with van der Waals surface area (Å²) in [6.07, 6.45) is 0. The maximum atomic E-state index is 13.8. The van der Waals surface area contributed by atoms with E-state index >= 15 is 0 Å². The van der Waals surface area contributed by atoms with E-state index in [1.807, 2.05) is 38.1 Å². The van der Waals surface area contributed by atoms with Crippen LogP contribution in [0.15, 0.2) is 42.5 Å². The van der Waals surface area contributed by atoms with Crippen molar-refractivity contribution < 1.29 is 8.78 Å². The molecular formula is C17H19F2N. The molecule has 0 fully saturated rings. The predicted octanol–water partition coefficient (Wildman–Crippen LogP) is 4.69. The van der Waals surface area contributed by atoms with Gasteiger partial charge in [0.15, 0.2) is 0 Å². The highest BCUT2D eigenvalue weighted by Crippen LogP contribution is 2.25. The highest BCUT2D eigenvalue weighted by Gasteiger charge is 2.18. The lowest BCUT2D eigenvalue weighted by atomic mass is 10.00. The summed E-state index contributed by atoms with van der Waals surface area (Å²) < 4.78 is 27.5. The third-order valence-electron chi connectivity index (χ3n) is 3.59. The van der Waals surface area contributed by atoms with Crippen LogP contribution in [0.25, 0.3) is 0 Å². The van der Waals surface area contributed by atoms with Gasteiger partial charge in [0, 0.05) is 17.6 Å². The normalized spacial score (nSPS) is 14.1. The standard InChI is InChI=1S/C17H19F2N/c1-11-7-4-5-8-14(11)12(2)20-13(3)17-15(18)9-6-10-16(17)19/h4-10,12-13,20H,1-3H3. The molecule has 0 saturated heterocycles. The van der Waals surface area contributed by atoms with E-state index in [9.17, 15) is 8.78 Å². The smallest absolute Gasteiger partial charge is 0.130 e. The van der Waals surface area contributed by atoms with Gasteiger partial charge < -0.3 is 5.32 Å². The summed E-state index contributed by atoms with van der Waals surface area (Å²) >= 11 is 0. The first-order valence-corrected chi connectivity index (χ1v) is 6.76. The van der Waals surface area contributed by atoms with Gasteiger partial charge in [-0.15, -0.1) is 0 Å². The van der Waals surface area contributed by atoms with Gasteiger partial charge in [0.25, 0.3) is 0 Å². The summed E-state index contributed by atoms with van der Waals surface area (Å²) in [4.78, 5) is 0. The van der Waals surface area contributed by atoms with Crippen LogP contribution in [0.3, 0.4) is 0 Å². The molecule has 0 heterocycles. The second-order valence-electron chi connectivity index (χ2n) is 5.10. The molecule has 2 atom stereocenters. The van der Waals surface area contributed by atoms with E-state index in [1.54, 1.807) is 6.92 Å². The lowest BCUT2D eigenvalue weighted by Gasteiger charge is -2.22. The van der Waals surface area contributed by atoms with Crippen molar-refractivity contribution in [2.45, 2.75) is 32.9 Å². The van der Waals surface area contributed by atoms with E-state index < -0.39 is 17.7 Å². The summed E-state index contributed by atoms with van der Waals surface area (Å²) in [5, 5.41) is 3.25. The average Bonchev–Trinajstić information content (AvgIpc) is 2.38. The van der Waals surface area contributed by atoms with Crippen LogP contribution in [0.2, 0.25) is 0 Å². The SMILES string of the molecule is Cc1ccccc1C(C)NC(C)c1c(F)cccc1F. The topological polar surface area (TPSA) is 12.0 Å². The van der Waals surface area contributed by atoms with Crippen LogP contribution >= 0.6 is 0 Å². The largest absolute Gasteiger partial charge is 0.303 e. The third kappa shape index (κ3) is 3.05. The molecule has 1 nitrogen and oxygen atoms in total. The first-order valence-electron chi connectivity index (χ1n) is 6.76. The van der Waals surface area contributed by atoms with Gasteiger partial charge in [-0.1, -0.05) is 30.3 Å². The van der Waals surface area contributed by atoms with E-state index in [2.05, 4.69) is 5.32 Å². The first kappa shape index (κ1) is 14.7. The number of hydrogen-bond donors (Lipinski definition) is 1. The van der Waals surface area contributed by atoms with E-state index in [1.165, 1.54) is 18.2 Å². The second-order valence-corrected chi connectivity index (χ2v) is 5.10. The monoisotopic (exact) mass is 275 g/mol. The fourth-order valence-corrected chi connectivity index (χ4v) is 2.55. The minimum absolute atomic E-state index is 0.0187. The molecule has 20 heavy (non-hydrogen) atoms. The molecule has 2 rings (SSSR count). The summed E-state index contributed by atoms with van der Waals surface area (Å²) in [7, 11) is 0. The number of rotatable bonds is 4. The van der Waals surface area contributed by atoms with Crippen molar-refractivity contribution in [2.75, 3.05) is 0 Å². The molecule has 106 valence electrons. The van der Waals surface area contributed by atoms with Crippen molar-refractivity contribution in [3.63, 3.8) is 0 Å². The van der Waals surface area contributed by atoms with Crippen LogP contribution < -0.4 is 5.32 Å². The Balaban J connectivity index is 2.20. The van der Waals surface area contributed by atoms with Crippen molar-refractivity contribution >= 4 is 0 Å². The summed E-state index contributed by atoms with van der Waals surface area (Å²) in [6.45, 7) is 5.80. The average molecular weight is 275 g/mol. The molecule has 0 amide bonds. The molecule has 1 N–H and O–H groups in total. The molecule has 0 aliphatic carbocycles. The van der Waals surface area contributed by atoms with Crippen LogP contribution in [-0.2, 0) is 0 Å². The van der Waals surface area contributed by atoms with E-state index in [0.717, 1.165) is 11.1 Å². The first-order chi connectivity index (χ1) is 9.50. The number of nitrogens with one attached hydrogen (secondary N) is 1. The molecule has 0 bridgehead atoms. The summed E-state index contributed by atoms with van der Waals surface area (Å²) in [5.41, 5.74) is 2.39. The molecule has 0 saturated carbocycles. The molecular weight excluding hydrogens is 256 g/mol. The summed E-state index contributed by atoms with van der Waals surface area (Å²) in [6, 6.07) is 11.6. The third-order valence-corrected chi connectivity index (χ3v) is 3.59.